The van der Waals surface area contributed by atoms with Crippen molar-refractivity contribution in [1.29, 1.82) is 0 Å². The smallest absolute Gasteiger partial charge is 0.151 e. The van der Waals surface area contributed by atoms with Crippen molar-refractivity contribution in [3.05, 3.63) is 30.0 Å². The SMILES string of the molecule is CC(C)n1cc(CS(C)(=O)=O)c2ccc(N)cc21. The highest BCUT2D eigenvalue weighted by atomic mass is 32.2. The van der Waals surface area contributed by atoms with E-state index in [2.05, 4.69) is 18.4 Å². The van der Waals surface area contributed by atoms with Gasteiger partial charge in [-0.15, -0.1) is 0 Å². The molecule has 0 saturated heterocycles. The van der Waals surface area contributed by atoms with Gasteiger partial charge in [-0.1, -0.05) is 6.07 Å². The van der Waals surface area contributed by atoms with E-state index < -0.39 is 9.84 Å². The van der Waals surface area contributed by atoms with E-state index in [1.54, 1.807) is 6.07 Å². The molecule has 0 amide bonds. The van der Waals surface area contributed by atoms with Crippen molar-refractivity contribution in [2.75, 3.05) is 12.0 Å². The summed E-state index contributed by atoms with van der Waals surface area (Å²) in [5.41, 5.74) is 8.31. The van der Waals surface area contributed by atoms with Crippen molar-refractivity contribution in [1.82, 2.24) is 4.57 Å². The van der Waals surface area contributed by atoms with Crippen molar-refractivity contribution in [3.63, 3.8) is 0 Å². The monoisotopic (exact) mass is 266 g/mol. The molecule has 0 aliphatic rings. The van der Waals surface area contributed by atoms with Gasteiger partial charge in [-0.25, -0.2) is 8.42 Å². The first kappa shape index (κ1) is 13.0. The van der Waals surface area contributed by atoms with Crippen LogP contribution in [0.3, 0.4) is 0 Å². The summed E-state index contributed by atoms with van der Waals surface area (Å²) >= 11 is 0. The van der Waals surface area contributed by atoms with E-state index in [-0.39, 0.29) is 11.8 Å². The lowest BCUT2D eigenvalue weighted by atomic mass is 10.2. The Kier molecular flexibility index (Phi) is 3.11. The molecule has 0 aliphatic carbocycles. The molecule has 18 heavy (non-hydrogen) atoms. The molecule has 2 N–H and O–H groups in total. The number of nitrogens with zero attached hydrogens (tertiary/aromatic N) is 1. The van der Waals surface area contributed by atoms with Crippen molar-refractivity contribution >= 4 is 26.4 Å². The lowest BCUT2D eigenvalue weighted by Gasteiger charge is -2.09. The van der Waals surface area contributed by atoms with Crippen LogP contribution in [0, 0.1) is 0 Å². The Balaban J connectivity index is 2.68. The van der Waals surface area contributed by atoms with Gasteiger partial charge in [0.05, 0.1) is 11.3 Å². The van der Waals surface area contributed by atoms with Gasteiger partial charge in [-0.3, -0.25) is 0 Å². The number of nitrogens with two attached hydrogens (primary N) is 1. The van der Waals surface area contributed by atoms with Crippen LogP contribution >= 0.6 is 0 Å². The molecule has 0 unspecified atom stereocenters. The zero-order valence-electron chi connectivity index (χ0n) is 10.8. The van der Waals surface area contributed by atoms with Gasteiger partial charge >= 0.3 is 0 Å². The van der Waals surface area contributed by atoms with Gasteiger partial charge in [0.25, 0.3) is 0 Å². The molecule has 1 heterocycles. The van der Waals surface area contributed by atoms with Crippen molar-refractivity contribution in [2.24, 2.45) is 0 Å². The molecule has 2 rings (SSSR count). The first-order valence-corrected chi connectivity index (χ1v) is 7.90. The molecule has 4 nitrogen and oxygen atoms in total. The third-order valence-corrected chi connectivity index (χ3v) is 3.75. The van der Waals surface area contributed by atoms with Crippen molar-refractivity contribution < 1.29 is 8.42 Å². The molecular weight excluding hydrogens is 248 g/mol. The van der Waals surface area contributed by atoms with E-state index in [9.17, 15) is 8.42 Å². The quantitative estimate of drug-likeness (QED) is 0.867. The van der Waals surface area contributed by atoms with Gasteiger partial charge in [0.15, 0.2) is 9.84 Å². The van der Waals surface area contributed by atoms with E-state index in [4.69, 9.17) is 5.73 Å². The first-order chi connectivity index (χ1) is 8.28. The topological polar surface area (TPSA) is 65.1 Å². The Morgan fingerprint density at radius 3 is 2.56 bits per heavy atom. The highest BCUT2D eigenvalue weighted by molar-refractivity contribution is 7.89. The second kappa shape index (κ2) is 4.31. The molecule has 5 heteroatoms. The molecule has 1 aromatic heterocycles. The summed E-state index contributed by atoms with van der Waals surface area (Å²) in [6.45, 7) is 4.12. The average molecular weight is 266 g/mol. The fraction of sp³-hybridized carbons (Fsp3) is 0.385. The van der Waals surface area contributed by atoms with E-state index in [1.165, 1.54) is 6.26 Å². The summed E-state index contributed by atoms with van der Waals surface area (Å²) in [7, 11) is -3.04. The summed E-state index contributed by atoms with van der Waals surface area (Å²) in [4.78, 5) is 0. The zero-order valence-corrected chi connectivity index (χ0v) is 11.7. The first-order valence-electron chi connectivity index (χ1n) is 5.84. The Labute approximate surface area is 107 Å². The van der Waals surface area contributed by atoms with Gasteiger partial charge < -0.3 is 10.3 Å². The number of aromatic nitrogens is 1. The van der Waals surface area contributed by atoms with Crippen LogP contribution in [0.4, 0.5) is 5.69 Å². The molecule has 0 aliphatic heterocycles. The van der Waals surface area contributed by atoms with Crippen LogP contribution < -0.4 is 5.73 Å². The molecule has 0 spiro atoms. The summed E-state index contributed by atoms with van der Waals surface area (Å²) in [5, 5.41) is 0.961. The Hall–Kier alpha value is -1.49. The highest BCUT2D eigenvalue weighted by Gasteiger charge is 2.14. The van der Waals surface area contributed by atoms with E-state index >= 15 is 0 Å². The third kappa shape index (κ3) is 2.51. The normalized spacial score (nSPS) is 12.4. The van der Waals surface area contributed by atoms with E-state index in [0.717, 1.165) is 16.5 Å². The Morgan fingerprint density at radius 2 is 2.00 bits per heavy atom. The maximum absolute atomic E-state index is 11.5. The van der Waals surface area contributed by atoms with Crippen LogP contribution in [0.25, 0.3) is 10.9 Å². The Bertz CT molecular complexity index is 684. The van der Waals surface area contributed by atoms with E-state index in [0.29, 0.717) is 5.69 Å². The number of hydrogen-bond donors (Lipinski definition) is 1. The Morgan fingerprint density at radius 1 is 1.33 bits per heavy atom. The lowest BCUT2D eigenvalue weighted by Crippen LogP contribution is -2.01. The molecule has 98 valence electrons. The van der Waals surface area contributed by atoms with Gasteiger partial charge in [-0.2, -0.15) is 0 Å². The fourth-order valence-corrected chi connectivity index (χ4v) is 2.96. The number of rotatable bonds is 3. The van der Waals surface area contributed by atoms with Crippen LogP contribution in [0.2, 0.25) is 0 Å². The van der Waals surface area contributed by atoms with Crippen LogP contribution in [-0.4, -0.2) is 19.2 Å². The number of nitrogen functional groups attached to an aromatic ring is 1. The van der Waals surface area contributed by atoms with Crippen LogP contribution in [0.15, 0.2) is 24.4 Å². The minimum Gasteiger partial charge on any atom is -0.399 e. The molecule has 0 fully saturated rings. The molecule has 2 aromatic rings. The number of hydrogen-bond acceptors (Lipinski definition) is 3. The third-order valence-electron chi connectivity index (χ3n) is 2.91. The maximum Gasteiger partial charge on any atom is 0.151 e. The predicted molar refractivity (Wildman–Crippen MR) is 75.3 cm³/mol. The summed E-state index contributed by atoms with van der Waals surface area (Å²) in [6, 6.07) is 5.85. The summed E-state index contributed by atoms with van der Waals surface area (Å²) in [6.07, 6.45) is 3.17. The number of fused-ring (bicyclic) bond motifs is 1. The van der Waals surface area contributed by atoms with Crippen molar-refractivity contribution in [3.8, 4) is 0 Å². The average Bonchev–Trinajstić information content (AvgIpc) is 2.54. The number of benzene rings is 1. The highest BCUT2D eigenvalue weighted by Crippen LogP contribution is 2.27. The molecule has 0 radical (unpaired) electrons. The minimum atomic E-state index is -3.04. The van der Waals surface area contributed by atoms with Gasteiger partial charge in [0, 0.05) is 29.6 Å². The minimum absolute atomic E-state index is 0.0626. The van der Waals surface area contributed by atoms with Crippen LogP contribution in [0.5, 0.6) is 0 Å². The second-order valence-corrected chi connectivity index (χ2v) is 7.14. The molecule has 0 saturated carbocycles. The molecule has 1 aromatic carbocycles. The largest absolute Gasteiger partial charge is 0.399 e. The van der Waals surface area contributed by atoms with Gasteiger partial charge in [0.2, 0.25) is 0 Å². The molecule has 0 bridgehead atoms. The fourth-order valence-electron chi connectivity index (χ4n) is 2.17. The zero-order chi connectivity index (χ0) is 13.5. The standard InChI is InChI=1S/C13H18N2O2S/c1-9(2)15-7-10(8-18(3,16)17)12-5-4-11(14)6-13(12)15/h4-7,9H,8,14H2,1-3H3. The maximum atomic E-state index is 11.5. The van der Waals surface area contributed by atoms with Crippen molar-refractivity contribution in [2.45, 2.75) is 25.6 Å². The number of anilines is 1. The van der Waals surface area contributed by atoms with Gasteiger partial charge in [0.1, 0.15) is 0 Å². The summed E-state index contributed by atoms with van der Waals surface area (Å²) < 4.78 is 25.0. The molecular formula is C13H18N2O2S. The van der Waals surface area contributed by atoms with Gasteiger partial charge in [-0.05, 0) is 31.5 Å². The van der Waals surface area contributed by atoms with Crippen LogP contribution in [-0.2, 0) is 15.6 Å². The predicted octanol–water partition coefficient (Wildman–Crippen LogP) is 2.35. The van der Waals surface area contributed by atoms with E-state index in [1.807, 2.05) is 18.3 Å². The second-order valence-electron chi connectivity index (χ2n) is 5.00. The number of sulfone groups is 1. The lowest BCUT2D eigenvalue weighted by molar-refractivity contribution is 0.600. The summed E-state index contributed by atoms with van der Waals surface area (Å²) in [5.74, 6) is 0.0626. The molecule has 0 atom stereocenters. The van der Waals surface area contributed by atoms with Crippen LogP contribution in [0.1, 0.15) is 25.5 Å².